The number of carbonyl (C=O) groups is 1. The first-order chi connectivity index (χ1) is 16.5. The minimum absolute atomic E-state index is 0.236. The van der Waals surface area contributed by atoms with Crippen molar-refractivity contribution < 1.29 is 23.4 Å². The lowest BCUT2D eigenvalue weighted by Crippen LogP contribution is -2.08. The van der Waals surface area contributed by atoms with Crippen molar-refractivity contribution in [2.24, 2.45) is 0 Å². The second kappa shape index (κ2) is 9.75. The monoisotopic (exact) mass is 457 g/mol. The summed E-state index contributed by atoms with van der Waals surface area (Å²) in [6, 6.07) is 17.0. The van der Waals surface area contributed by atoms with E-state index in [1.54, 1.807) is 57.9 Å². The first-order valence-corrected chi connectivity index (χ1v) is 10.8. The van der Waals surface area contributed by atoms with Gasteiger partial charge in [-0.2, -0.15) is 0 Å². The highest BCUT2D eigenvalue weighted by molar-refractivity contribution is 6.06. The molecule has 6 nitrogen and oxygen atoms in total. The summed E-state index contributed by atoms with van der Waals surface area (Å²) in [5, 5.41) is 3.80. The average molecular weight is 458 g/mol. The molecule has 0 aliphatic heterocycles. The lowest BCUT2D eigenvalue weighted by molar-refractivity contribution is -0.111. The predicted molar refractivity (Wildman–Crippen MR) is 135 cm³/mol. The van der Waals surface area contributed by atoms with Crippen molar-refractivity contribution in [2.45, 2.75) is 13.8 Å². The zero-order valence-electron chi connectivity index (χ0n) is 19.9. The third-order valence-electron chi connectivity index (χ3n) is 5.78. The van der Waals surface area contributed by atoms with Crippen molar-refractivity contribution >= 4 is 28.1 Å². The van der Waals surface area contributed by atoms with E-state index in [1.807, 2.05) is 44.2 Å². The molecule has 1 aromatic heterocycles. The Hall–Kier alpha value is -4.19. The van der Waals surface area contributed by atoms with E-state index in [-0.39, 0.29) is 5.91 Å². The van der Waals surface area contributed by atoms with Crippen molar-refractivity contribution in [3.05, 3.63) is 78.1 Å². The third kappa shape index (κ3) is 4.35. The number of benzene rings is 3. The summed E-state index contributed by atoms with van der Waals surface area (Å²) < 4.78 is 22.4. The molecular formula is C28H27NO5. The summed E-state index contributed by atoms with van der Waals surface area (Å²) in [6.45, 7) is 3.84. The van der Waals surface area contributed by atoms with Gasteiger partial charge in [-0.05, 0) is 55.8 Å². The Balaban J connectivity index is 1.75. The standard InChI is InChI=1S/C28H27NO5/c1-17(14-26(30)29-19-10-12-20(31-3)13-11-19)22-15-23-24(21-8-6-7-9-25(21)32-4)16-34-28(23)18(2)27(22)33-5/h6-16H,1-5H3,(H,29,30)/b17-14+. The number of anilines is 1. The molecule has 0 unspecified atom stereocenters. The van der Waals surface area contributed by atoms with Gasteiger partial charge in [0.25, 0.3) is 0 Å². The normalized spacial score (nSPS) is 11.4. The fourth-order valence-electron chi connectivity index (χ4n) is 4.07. The molecule has 0 bridgehead atoms. The van der Waals surface area contributed by atoms with E-state index in [9.17, 15) is 4.79 Å². The highest BCUT2D eigenvalue weighted by atomic mass is 16.5. The van der Waals surface area contributed by atoms with Gasteiger partial charge in [0.15, 0.2) is 0 Å². The second-order valence-electron chi connectivity index (χ2n) is 7.85. The van der Waals surface area contributed by atoms with Crippen LogP contribution in [0, 0.1) is 6.92 Å². The highest BCUT2D eigenvalue weighted by Gasteiger charge is 2.20. The van der Waals surface area contributed by atoms with Crippen LogP contribution in [0.3, 0.4) is 0 Å². The Kier molecular flexibility index (Phi) is 6.59. The summed E-state index contributed by atoms with van der Waals surface area (Å²) in [6.07, 6.45) is 3.30. The maximum Gasteiger partial charge on any atom is 0.248 e. The fraction of sp³-hybridized carbons (Fsp3) is 0.179. The maximum atomic E-state index is 12.7. The molecule has 0 fully saturated rings. The molecule has 0 aliphatic carbocycles. The molecule has 0 saturated heterocycles. The average Bonchev–Trinajstić information content (AvgIpc) is 3.28. The van der Waals surface area contributed by atoms with Gasteiger partial charge in [0.2, 0.25) is 5.91 Å². The number of para-hydroxylation sites is 1. The van der Waals surface area contributed by atoms with Crippen LogP contribution < -0.4 is 19.5 Å². The van der Waals surface area contributed by atoms with Gasteiger partial charge >= 0.3 is 0 Å². The summed E-state index contributed by atoms with van der Waals surface area (Å²) in [5.74, 6) is 1.91. The number of carbonyl (C=O) groups excluding carboxylic acids is 1. The molecule has 0 saturated carbocycles. The minimum atomic E-state index is -0.236. The van der Waals surface area contributed by atoms with Gasteiger partial charge in [-0.15, -0.1) is 0 Å². The van der Waals surface area contributed by atoms with E-state index in [1.165, 1.54) is 0 Å². The van der Waals surface area contributed by atoms with Crippen LogP contribution >= 0.6 is 0 Å². The zero-order chi connectivity index (χ0) is 24.2. The van der Waals surface area contributed by atoms with Crippen molar-refractivity contribution in [3.8, 4) is 28.4 Å². The molecule has 0 aliphatic rings. The molecule has 3 aromatic carbocycles. The topological polar surface area (TPSA) is 69.9 Å². The molecule has 6 heteroatoms. The van der Waals surface area contributed by atoms with E-state index in [4.69, 9.17) is 18.6 Å². The fourth-order valence-corrected chi connectivity index (χ4v) is 4.07. The van der Waals surface area contributed by atoms with E-state index >= 15 is 0 Å². The molecule has 174 valence electrons. The Morgan fingerprint density at radius 1 is 0.941 bits per heavy atom. The van der Waals surface area contributed by atoms with Gasteiger partial charge in [0.1, 0.15) is 22.8 Å². The van der Waals surface area contributed by atoms with E-state index < -0.39 is 0 Å². The molecule has 1 amide bonds. The molecule has 34 heavy (non-hydrogen) atoms. The van der Waals surface area contributed by atoms with Crippen LogP contribution in [0.25, 0.3) is 27.7 Å². The molecule has 0 atom stereocenters. The highest BCUT2D eigenvalue weighted by Crippen LogP contribution is 2.42. The van der Waals surface area contributed by atoms with Gasteiger partial charge in [0.05, 0.1) is 27.6 Å². The molecule has 4 rings (SSSR count). The third-order valence-corrected chi connectivity index (χ3v) is 5.78. The van der Waals surface area contributed by atoms with Crippen molar-refractivity contribution in [1.29, 1.82) is 0 Å². The van der Waals surface area contributed by atoms with Crippen LogP contribution in [-0.4, -0.2) is 27.2 Å². The number of fused-ring (bicyclic) bond motifs is 1. The lowest BCUT2D eigenvalue weighted by atomic mass is 9.96. The Morgan fingerprint density at radius 2 is 1.68 bits per heavy atom. The van der Waals surface area contributed by atoms with Crippen LogP contribution in [0.5, 0.6) is 17.2 Å². The largest absolute Gasteiger partial charge is 0.497 e. The summed E-state index contributed by atoms with van der Waals surface area (Å²) in [5.41, 5.74) is 5.70. The smallest absolute Gasteiger partial charge is 0.248 e. The number of rotatable bonds is 7. The quantitative estimate of drug-likeness (QED) is 0.322. The number of hydrogen-bond acceptors (Lipinski definition) is 5. The number of nitrogens with one attached hydrogen (secondary N) is 1. The van der Waals surface area contributed by atoms with Crippen molar-refractivity contribution in [1.82, 2.24) is 0 Å². The Bertz CT molecular complexity index is 1370. The van der Waals surface area contributed by atoms with E-state index in [2.05, 4.69) is 5.32 Å². The molecule has 0 radical (unpaired) electrons. The zero-order valence-corrected chi connectivity index (χ0v) is 19.9. The minimum Gasteiger partial charge on any atom is -0.497 e. The van der Waals surface area contributed by atoms with Crippen LogP contribution in [0.4, 0.5) is 5.69 Å². The first-order valence-electron chi connectivity index (χ1n) is 10.8. The number of allylic oxidation sites excluding steroid dienone is 1. The Labute approximate surface area is 198 Å². The molecular weight excluding hydrogens is 430 g/mol. The lowest BCUT2D eigenvalue weighted by Gasteiger charge is -2.14. The number of ether oxygens (including phenoxy) is 3. The predicted octanol–water partition coefficient (Wildman–Crippen LogP) is 6.48. The molecule has 1 N–H and O–H groups in total. The van der Waals surface area contributed by atoms with Gasteiger partial charge in [0, 0.05) is 39.4 Å². The van der Waals surface area contributed by atoms with E-state index in [0.29, 0.717) is 11.4 Å². The molecule has 4 aromatic rings. The van der Waals surface area contributed by atoms with Crippen LogP contribution in [-0.2, 0) is 4.79 Å². The van der Waals surface area contributed by atoms with Crippen molar-refractivity contribution in [3.63, 3.8) is 0 Å². The van der Waals surface area contributed by atoms with Gasteiger partial charge in [-0.25, -0.2) is 0 Å². The van der Waals surface area contributed by atoms with Crippen molar-refractivity contribution in [2.75, 3.05) is 26.6 Å². The molecule has 1 heterocycles. The number of aryl methyl sites for hydroxylation is 1. The number of methoxy groups -OCH3 is 3. The molecule has 0 spiro atoms. The second-order valence-corrected chi connectivity index (χ2v) is 7.85. The van der Waals surface area contributed by atoms with Gasteiger partial charge in [-0.3, -0.25) is 4.79 Å². The van der Waals surface area contributed by atoms with Crippen LogP contribution in [0.15, 0.2) is 71.4 Å². The maximum absolute atomic E-state index is 12.7. The van der Waals surface area contributed by atoms with Crippen LogP contribution in [0.1, 0.15) is 18.1 Å². The summed E-state index contributed by atoms with van der Waals surface area (Å²) >= 11 is 0. The summed E-state index contributed by atoms with van der Waals surface area (Å²) in [7, 11) is 4.87. The first kappa shape index (κ1) is 23.0. The van der Waals surface area contributed by atoms with Gasteiger partial charge < -0.3 is 23.9 Å². The number of furan rings is 1. The SMILES string of the molecule is COc1ccc(NC(=O)/C=C(\C)c2cc3c(-c4ccccc4OC)coc3c(C)c2OC)cc1. The van der Waals surface area contributed by atoms with Gasteiger partial charge in [-0.1, -0.05) is 18.2 Å². The van der Waals surface area contributed by atoms with E-state index in [0.717, 1.165) is 50.3 Å². The Morgan fingerprint density at radius 3 is 2.35 bits per heavy atom. The summed E-state index contributed by atoms with van der Waals surface area (Å²) in [4.78, 5) is 12.7. The van der Waals surface area contributed by atoms with Crippen LogP contribution in [0.2, 0.25) is 0 Å². The number of hydrogen-bond donors (Lipinski definition) is 1. The number of amides is 1.